The summed E-state index contributed by atoms with van der Waals surface area (Å²) < 4.78 is 18.1. The van der Waals surface area contributed by atoms with Crippen molar-refractivity contribution in [3.63, 3.8) is 0 Å². The number of phenols is 1. The number of thiazole rings is 1. The van der Waals surface area contributed by atoms with Gasteiger partial charge in [0.2, 0.25) is 0 Å². The van der Waals surface area contributed by atoms with Gasteiger partial charge in [-0.05, 0) is 42.8 Å². The molecule has 0 fully saturated rings. The molecule has 8 nitrogen and oxygen atoms in total. The lowest BCUT2D eigenvalue weighted by molar-refractivity contribution is -0.138. The van der Waals surface area contributed by atoms with Crippen molar-refractivity contribution in [3.8, 4) is 17.2 Å². The summed E-state index contributed by atoms with van der Waals surface area (Å²) in [7, 11) is 3.03. The molecule has 0 saturated carbocycles. The average Bonchev–Trinajstić information content (AvgIpc) is 3.29. The molecule has 210 valence electrons. The molecule has 0 saturated heterocycles. The van der Waals surface area contributed by atoms with E-state index in [2.05, 4.69) is 0 Å². The number of methoxy groups -OCH3 is 2. The molecule has 1 aliphatic rings. The maximum Gasteiger partial charge on any atom is 0.338 e. The summed E-state index contributed by atoms with van der Waals surface area (Å²) in [5, 5.41) is 10.9. The Hall–Kier alpha value is -4.05. The first-order valence-corrected chi connectivity index (χ1v) is 14.0. The van der Waals surface area contributed by atoms with E-state index >= 15 is 0 Å². The molecule has 41 heavy (non-hydrogen) atoms. The Morgan fingerprint density at radius 3 is 2.49 bits per heavy atom. The zero-order valence-corrected chi connectivity index (χ0v) is 24.5. The fraction of sp³-hybridized carbons (Fsp3) is 0.167. The van der Waals surface area contributed by atoms with Crippen molar-refractivity contribution in [2.45, 2.75) is 13.0 Å². The first kappa shape index (κ1) is 28.5. The van der Waals surface area contributed by atoms with E-state index in [1.807, 2.05) is 30.3 Å². The molecule has 0 unspecified atom stereocenters. The van der Waals surface area contributed by atoms with E-state index in [1.54, 1.807) is 25.1 Å². The third kappa shape index (κ3) is 5.36. The number of esters is 1. The number of ether oxygens (including phenoxy) is 3. The third-order valence-electron chi connectivity index (χ3n) is 6.44. The second-order valence-corrected chi connectivity index (χ2v) is 10.7. The lowest BCUT2D eigenvalue weighted by Crippen LogP contribution is -2.40. The number of phenolic OH excluding ortho intramolecular Hbond substituents is 1. The van der Waals surface area contributed by atoms with Crippen molar-refractivity contribution in [3.05, 3.63) is 113 Å². The van der Waals surface area contributed by atoms with E-state index in [0.29, 0.717) is 38.1 Å². The van der Waals surface area contributed by atoms with Crippen LogP contribution in [-0.2, 0) is 9.53 Å². The van der Waals surface area contributed by atoms with Crippen LogP contribution in [0.2, 0.25) is 10.0 Å². The Morgan fingerprint density at radius 2 is 1.80 bits per heavy atom. The molecule has 3 aromatic carbocycles. The summed E-state index contributed by atoms with van der Waals surface area (Å²) in [5.41, 5.74) is 1.66. The van der Waals surface area contributed by atoms with Crippen molar-refractivity contribution >= 4 is 52.3 Å². The molecule has 0 amide bonds. The minimum Gasteiger partial charge on any atom is -0.506 e. The predicted octanol–water partition coefficient (Wildman–Crippen LogP) is 4.97. The van der Waals surface area contributed by atoms with Crippen LogP contribution in [-0.4, -0.2) is 36.5 Å². The monoisotopic (exact) mass is 610 g/mol. The molecule has 1 aromatic heterocycles. The second kappa shape index (κ2) is 11.8. The van der Waals surface area contributed by atoms with Gasteiger partial charge in [-0.2, -0.15) is 0 Å². The maximum atomic E-state index is 14.0. The number of aromatic nitrogens is 1. The van der Waals surface area contributed by atoms with Gasteiger partial charge in [0.15, 0.2) is 16.3 Å². The third-order valence-corrected chi connectivity index (χ3v) is 7.93. The molecule has 1 N–H and O–H groups in total. The van der Waals surface area contributed by atoms with Crippen molar-refractivity contribution in [2.24, 2.45) is 4.99 Å². The topological polar surface area (TPSA) is 99.4 Å². The quantitative estimate of drug-likeness (QED) is 0.297. The number of rotatable bonds is 7. The van der Waals surface area contributed by atoms with Crippen LogP contribution in [0.4, 0.5) is 0 Å². The van der Waals surface area contributed by atoms with Crippen LogP contribution in [0.5, 0.6) is 17.2 Å². The molecule has 1 atom stereocenters. The summed E-state index contributed by atoms with van der Waals surface area (Å²) in [5.74, 6) is 0.0907. The molecular weight excluding hydrogens is 587 g/mol. The van der Waals surface area contributed by atoms with Gasteiger partial charge in [-0.15, -0.1) is 0 Å². The van der Waals surface area contributed by atoms with Crippen LogP contribution in [0, 0.1) is 0 Å². The molecule has 0 radical (unpaired) electrons. The van der Waals surface area contributed by atoms with E-state index in [9.17, 15) is 14.7 Å². The fourth-order valence-corrected chi connectivity index (χ4v) is 6.12. The van der Waals surface area contributed by atoms with Crippen LogP contribution in [0.25, 0.3) is 11.8 Å². The van der Waals surface area contributed by atoms with Crippen molar-refractivity contribution in [1.82, 2.24) is 4.57 Å². The number of benzene rings is 3. The highest BCUT2D eigenvalue weighted by atomic mass is 35.5. The summed E-state index contributed by atoms with van der Waals surface area (Å²) >= 11 is 13.4. The van der Waals surface area contributed by atoms with Gasteiger partial charge in [-0.1, -0.05) is 70.9 Å². The van der Waals surface area contributed by atoms with Gasteiger partial charge in [0.1, 0.15) is 5.75 Å². The highest BCUT2D eigenvalue weighted by Crippen LogP contribution is 2.38. The fourth-order valence-electron chi connectivity index (χ4n) is 4.62. The van der Waals surface area contributed by atoms with E-state index in [0.717, 1.165) is 11.3 Å². The smallest absolute Gasteiger partial charge is 0.338 e. The first-order chi connectivity index (χ1) is 19.8. The highest BCUT2D eigenvalue weighted by Gasteiger charge is 2.35. The minimum absolute atomic E-state index is 0.0516. The highest BCUT2D eigenvalue weighted by molar-refractivity contribution is 7.07. The molecule has 1 aliphatic heterocycles. The Kier molecular flexibility index (Phi) is 8.21. The van der Waals surface area contributed by atoms with Gasteiger partial charge in [0.25, 0.3) is 5.56 Å². The standard InChI is InChI=1S/C30H24Cl2N2O6S/c1-4-40-29(37)24-25(16-8-6-5-7-9-16)33-30-34(26(24)17-10-11-21(38-2)22(13-17)39-3)28(36)23(41-30)14-18-12-19(31)15-20(32)27(18)35/h5-15,26,35H,4H2,1-3H3/b23-14-/t26-/m1/s1. The van der Waals surface area contributed by atoms with Gasteiger partial charge in [0, 0.05) is 16.1 Å². The van der Waals surface area contributed by atoms with Gasteiger partial charge < -0.3 is 19.3 Å². The predicted molar refractivity (Wildman–Crippen MR) is 159 cm³/mol. The summed E-state index contributed by atoms with van der Waals surface area (Å²) in [6.45, 7) is 1.84. The van der Waals surface area contributed by atoms with Crippen LogP contribution in [0.1, 0.15) is 29.7 Å². The zero-order valence-electron chi connectivity index (χ0n) is 22.2. The number of aromatic hydroxyl groups is 1. The van der Waals surface area contributed by atoms with Crippen LogP contribution in [0.3, 0.4) is 0 Å². The number of halogens is 2. The number of fused-ring (bicyclic) bond motifs is 1. The lowest BCUT2D eigenvalue weighted by atomic mass is 9.93. The van der Waals surface area contributed by atoms with Crippen molar-refractivity contribution in [1.29, 1.82) is 0 Å². The normalized spacial score (nSPS) is 14.9. The number of hydrogen-bond acceptors (Lipinski definition) is 8. The molecule has 4 aromatic rings. The van der Waals surface area contributed by atoms with Gasteiger partial charge >= 0.3 is 5.97 Å². The lowest BCUT2D eigenvalue weighted by Gasteiger charge is -2.26. The van der Waals surface area contributed by atoms with E-state index < -0.39 is 17.6 Å². The van der Waals surface area contributed by atoms with Crippen molar-refractivity contribution < 1.29 is 24.1 Å². The first-order valence-electron chi connectivity index (χ1n) is 12.5. The Bertz CT molecular complexity index is 1860. The summed E-state index contributed by atoms with van der Waals surface area (Å²) in [6, 6.07) is 16.4. The minimum atomic E-state index is -0.918. The maximum absolute atomic E-state index is 14.0. The molecule has 2 heterocycles. The molecule has 0 aliphatic carbocycles. The summed E-state index contributed by atoms with van der Waals surface area (Å²) in [6.07, 6.45) is 1.50. The SMILES string of the molecule is CCOC(=O)C1=C(c2ccccc2)N=c2s/c(=C\c3cc(Cl)cc(Cl)c3O)c(=O)n2[C@@H]1c1ccc(OC)c(OC)c1. The molecule has 5 rings (SSSR count). The van der Waals surface area contributed by atoms with Gasteiger partial charge in [-0.3, -0.25) is 9.36 Å². The van der Waals surface area contributed by atoms with E-state index in [-0.39, 0.29) is 33.0 Å². The number of nitrogens with zero attached hydrogens (tertiary/aromatic N) is 2. The van der Waals surface area contributed by atoms with Gasteiger partial charge in [-0.25, -0.2) is 9.79 Å². The summed E-state index contributed by atoms with van der Waals surface area (Å²) in [4.78, 5) is 32.8. The largest absolute Gasteiger partial charge is 0.506 e. The van der Waals surface area contributed by atoms with Crippen LogP contribution in [0.15, 0.2) is 76.0 Å². The zero-order chi connectivity index (χ0) is 29.3. The molecule has 0 spiro atoms. The van der Waals surface area contributed by atoms with E-state index in [4.69, 9.17) is 42.4 Å². The Labute approximate surface area is 249 Å². The number of carbonyl (C=O) groups excluding carboxylic acids is 1. The molecule has 0 bridgehead atoms. The van der Waals surface area contributed by atoms with Crippen LogP contribution < -0.4 is 24.4 Å². The Morgan fingerprint density at radius 1 is 1.07 bits per heavy atom. The average molecular weight is 612 g/mol. The Balaban J connectivity index is 1.86. The molecule has 11 heteroatoms. The number of hydrogen-bond donors (Lipinski definition) is 1. The molecular formula is C30H24Cl2N2O6S. The number of carbonyl (C=O) groups is 1. The van der Waals surface area contributed by atoms with Crippen molar-refractivity contribution in [2.75, 3.05) is 20.8 Å². The second-order valence-electron chi connectivity index (χ2n) is 8.87. The van der Waals surface area contributed by atoms with E-state index in [1.165, 1.54) is 37.0 Å². The van der Waals surface area contributed by atoms with Gasteiger partial charge in [0.05, 0.1) is 47.7 Å². The van der Waals surface area contributed by atoms with Crippen LogP contribution >= 0.6 is 34.5 Å².